The van der Waals surface area contributed by atoms with Gasteiger partial charge in [0.15, 0.2) is 5.69 Å². The molecular formula is C31H42N8O4S. The number of piperidine rings is 1. The van der Waals surface area contributed by atoms with Crippen molar-refractivity contribution in [3.05, 3.63) is 52.9 Å². The SMILES string of the molecule is Cc1ncsc1-c1ccc([C@H](C)NC(=O)[C@@H]2C[C@@H](O)CN2C(=O)[C@@H](NC(=O)c2cn(C3CCNCC3)nn2)C(C)(C)C)cc1. The average molecular weight is 623 g/mol. The Bertz CT molecular complexity index is 1470. The lowest BCUT2D eigenvalue weighted by Crippen LogP contribution is -2.57. The topological polar surface area (TPSA) is 154 Å². The van der Waals surface area contributed by atoms with Crippen LogP contribution in [0, 0.1) is 12.3 Å². The molecule has 236 valence electrons. The summed E-state index contributed by atoms with van der Waals surface area (Å²) in [5.74, 6) is -1.29. The number of hydrogen-bond acceptors (Lipinski definition) is 9. The van der Waals surface area contributed by atoms with E-state index in [1.807, 2.05) is 64.4 Å². The Hall–Kier alpha value is -3.68. The summed E-state index contributed by atoms with van der Waals surface area (Å²) in [6.07, 6.45) is 2.67. The molecule has 2 aliphatic heterocycles. The maximum atomic E-state index is 14.0. The molecule has 4 N–H and O–H groups in total. The number of nitrogens with zero attached hydrogens (tertiary/aromatic N) is 5. The number of rotatable bonds is 8. The van der Waals surface area contributed by atoms with Gasteiger partial charge in [0.05, 0.1) is 40.5 Å². The minimum Gasteiger partial charge on any atom is -0.391 e. The summed E-state index contributed by atoms with van der Waals surface area (Å²) >= 11 is 1.58. The van der Waals surface area contributed by atoms with E-state index < -0.39 is 35.4 Å². The molecule has 0 bridgehead atoms. The monoisotopic (exact) mass is 622 g/mol. The number of aliphatic hydroxyl groups is 1. The van der Waals surface area contributed by atoms with Gasteiger partial charge in [-0.25, -0.2) is 9.67 Å². The zero-order valence-electron chi connectivity index (χ0n) is 25.9. The van der Waals surface area contributed by atoms with Crippen LogP contribution in [0.2, 0.25) is 0 Å². The van der Waals surface area contributed by atoms with Crippen LogP contribution in [0.25, 0.3) is 10.4 Å². The van der Waals surface area contributed by atoms with Gasteiger partial charge in [-0.2, -0.15) is 0 Å². The van der Waals surface area contributed by atoms with Gasteiger partial charge in [-0.1, -0.05) is 50.3 Å². The van der Waals surface area contributed by atoms with Crippen LogP contribution in [-0.2, 0) is 9.59 Å². The first-order valence-electron chi connectivity index (χ1n) is 15.1. The van der Waals surface area contributed by atoms with E-state index in [1.54, 1.807) is 22.2 Å². The number of aliphatic hydroxyl groups excluding tert-OH is 1. The lowest BCUT2D eigenvalue weighted by Gasteiger charge is -2.35. The molecule has 0 spiro atoms. The minimum absolute atomic E-state index is 0.00253. The average Bonchev–Trinajstić information content (AvgIpc) is 3.75. The van der Waals surface area contributed by atoms with E-state index in [0.717, 1.165) is 47.6 Å². The van der Waals surface area contributed by atoms with Crippen LogP contribution in [0.5, 0.6) is 0 Å². The number of carbonyl (C=O) groups is 3. The van der Waals surface area contributed by atoms with Gasteiger partial charge in [-0.3, -0.25) is 14.4 Å². The summed E-state index contributed by atoms with van der Waals surface area (Å²) in [6, 6.07) is 5.97. The number of amides is 3. The van der Waals surface area contributed by atoms with Gasteiger partial charge < -0.3 is 26.0 Å². The van der Waals surface area contributed by atoms with Crippen molar-refractivity contribution in [3.8, 4) is 10.4 Å². The molecule has 1 aromatic carbocycles. The number of thiazole rings is 1. The fraction of sp³-hybridized carbons (Fsp3) is 0.548. The molecule has 2 aromatic heterocycles. The highest BCUT2D eigenvalue weighted by Crippen LogP contribution is 2.30. The van der Waals surface area contributed by atoms with Gasteiger partial charge in [0.2, 0.25) is 11.8 Å². The van der Waals surface area contributed by atoms with Crippen LogP contribution < -0.4 is 16.0 Å². The maximum Gasteiger partial charge on any atom is 0.274 e. The molecular weight excluding hydrogens is 580 g/mol. The van der Waals surface area contributed by atoms with Crippen LogP contribution in [-0.4, -0.2) is 85.5 Å². The van der Waals surface area contributed by atoms with Crippen molar-refractivity contribution >= 4 is 29.1 Å². The van der Waals surface area contributed by atoms with Crippen molar-refractivity contribution in [2.75, 3.05) is 19.6 Å². The highest BCUT2D eigenvalue weighted by Gasteiger charge is 2.45. The van der Waals surface area contributed by atoms with Crippen molar-refractivity contribution in [1.29, 1.82) is 0 Å². The molecule has 2 fully saturated rings. The third-order valence-electron chi connectivity index (χ3n) is 8.46. The maximum absolute atomic E-state index is 14.0. The standard InChI is InChI=1S/C31H42N8O4S/c1-18(20-6-8-21(9-7-20)26-19(2)33-17-44-26)34-29(42)25-14-23(40)15-38(25)30(43)27(31(3,4)5)35-28(41)24-16-39(37-36-24)22-10-12-32-13-11-22/h6-9,16-18,22-23,25,27,32,40H,10-15H2,1-5H3,(H,34,42)(H,35,41)/t18-,23+,25-,27+/m0/s1. The minimum atomic E-state index is -0.959. The van der Waals surface area contributed by atoms with E-state index >= 15 is 0 Å². The number of β-amino-alcohol motifs (C(OH)–C–C–N with tert-alkyl or cyclic N) is 1. The molecule has 5 rings (SSSR count). The Balaban J connectivity index is 1.26. The van der Waals surface area contributed by atoms with Gasteiger partial charge in [-0.15, -0.1) is 16.4 Å². The molecule has 0 radical (unpaired) electrons. The van der Waals surface area contributed by atoms with Gasteiger partial charge in [0, 0.05) is 13.0 Å². The number of benzene rings is 1. The van der Waals surface area contributed by atoms with E-state index in [0.29, 0.717) is 0 Å². The molecule has 2 aliphatic rings. The quantitative estimate of drug-likeness (QED) is 0.299. The van der Waals surface area contributed by atoms with E-state index in [-0.39, 0.29) is 36.7 Å². The molecule has 3 amide bonds. The lowest BCUT2D eigenvalue weighted by atomic mass is 9.85. The summed E-state index contributed by atoms with van der Waals surface area (Å²) in [6.45, 7) is 11.2. The Morgan fingerprint density at radius 1 is 1.11 bits per heavy atom. The third kappa shape index (κ3) is 7.00. The summed E-state index contributed by atoms with van der Waals surface area (Å²) < 4.78 is 1.72. The van der Waals surface area contributed by atoms with E-state index in [9.17, 15) is 19.5 Å². The predicted octanol–water partition coefficient (Wildman–Crippen LogP) is 2.62. The first-order valence-corrected chi connectivity index (χ1v) is 16.0. The Morgan fingerprint density at radius 3 is 2.45 bits per heavy atom. The smallest absolute Gasteiger partial charge is 0.274 e. The number of aromatic nitrogens is 4. The van der Waals surface area contributed by atoms with Crippen LogP contribution in [0.3, 0.4) is 0 Å². The molecule has 0 aliphatic carbocycles. The molecule has 0 unspecified atom stereocenters. The largest absolute Gasteiger partial charge is 0.391 e. The van der Waals surface area contributed by atoms with Gasteiger partial charge in [0.1, 0.15) is 12.1 Å². The second kappa shape index (κ2) is 13.1. The molecule has 2 saturated heterocycles. The Kier molecular flexibility index (Phi) is 9.47. The van der Waals surface area contributed by atoms with Crippen molar-refractivity contribution in [2.24, 2.45) is 5.41 Å². The lowest BCUT2D eigenvalue weighted by molar-refractivity contribution is -0.142. The highest BCUT2D eigenvalue weighted by molar-refractivity contribution is 7.13. The van der Waals surface area contributed by atoms with E-state index in [1.165, 1.54) is 4.90 Å². The normalized spacial score (nSPS) is 20.7. The molecule has 12 nitrogen and oxygen atoms in total. The predicted molar refractivity (Wildman–Crippen MR) is 167 cm³/mol. The first-order chi connectivity index (χ1) is 20.9. The van der Waals surface area contributed by atoms with Gasteiger partial charge >= 0.3 is 0 Å². The summed E-state index contributed by atoms with van der Waals surface area (Å²) in [5.41, 5.74) is 4.22. The van der Waals surface area contributed by atoms with Crippen molar-refractivity contribution in [1.82, 2.24) is 40.8 Å². The number of likely N-dealkylation sites (tertiary alicyclic amines) is 1. The highest BCUT2D eigenvalue weighted by atomic mass is 32.1. The third-order valence-corrected chi connectivity index (χ3v) is 9.43. The van der Waals surface area contributed by atoms with Crippen LogP contribution >= 0.6 is 11.3 Å². The van der Waals surface area contributed by atoms with Crippen LogP contribution in [0.15, 0.2) is 36.0 Å². The summed E-state index contributed by atoms with van der Waals surface area (Å²) in [7, 11) is 0. The fourth-order valence-corrected chi connectivity index (χ4v) is 6.66. The molecule has 13 heteroatoms. The second-order valence-electron chi connectivity index (χ2n) is 12.9. The zero-order chi connectivity index (χ0) is 31.6. The van der Waals surface area contributed by atoms with E-state index in [4.69, 9.17) is 0 Å². The number of aryl methyl sites for hydroxylation is 1. The summed E-state index contributed by atoms with van der Waals surface area (Å²) in [5, 5.41) is 28.0. The van der Waals surface area contributed by atoms with Crippen molar-refractivity contribution in [2.45, 2.75) is 84.2 Å². The van der Waals surface area contributed by atoms with E-state index in [2.05, 4.69) is 31.2 Å². The first kappa shape index (κ1) is 31.7. The fourth-order valence-electron chi connectivity index (χ4n) is 5.85. The molecule has 4 heterocycles. The van der Waals surface area contributed by atoms with Gasteiger partial charge in [-0.05, 0) is 56.3 Å². The van der Waals surface area contributed by atoms with Gasteiger partial charge in [0.25, 0.3) is 5.91 Å². The second-order valence-corrected chi connectivity index (χ2v) is 13.7. The number of nitrogens with one attached hydrogen (secondary N) is 3. The van der Waals surface area contributed by atoms with Crippen LogP contribution in [0.1, 0.15) is 80.8 Å². The number of carbonyl (C=O) groups excluding carboxylic acids is 3. The zero-order valence-corrected chi connectivity index (χ0v) is 26.7. The molecule has 3 aromatic rings. The number of hydrogen-bond donors (Lipinski definition) is 4. The van der Waals surface area contributed by atoms with Crippen LogP contribution in [0.4, 0.5) is 0 Å². The van der Waals surface area contributed by atoms with Crippen molar-refractivity contribution < 1.29 is 19.5 Å². The molecule has 44 heavy (non-hydrogen) atoms. The van der Waals surface area contributed by atoms with Crippen molar-refractivity contribution in [3.63, 3.8) is 0 Å². The Labute approximate surface area is 261 Å². The Morgan fingerprint density at radius 2 is 1.82 bits per heavy atom. The molecule has 4 atom stereocenters. The molecule has 0 saturated carbocycles. The summed E-state index contributed by atoms with van der Waals surface area (Å²) in [4.78, 5) is 47.6.